The number of carbonyl (C=O) groups excluding carboxylic acids is 1. The Kier molecular flexibility index (Phi) is 5.44. The Labute approximate surface area is 199 Å². The number of nitrogens with zero attached hydrogens (tertiary/aromatic N) is 6. The lowest BCUT2D eigenvalue weighted by Crippen LogP contribution is -2.43. The van der Waals surface area contributed by atoms with Crippen LogP contribution < -0.4 is 10.2 Å². The maximum absolute atomic E-state index is 14.3. The molecule has 1 unspecified atom stereocenters. The molecule has 11 nitrogen and oxygen atoms in total. The zero-order chi connectivity index (χ0) is 24.7. The number of aliphatic hydroxyl groups excluding tert-OH is 1. The summed E-state index contributed by atoms with van der Waals surface area (Å²) in [5.41, 5.74) is 1.42. The number of aliphatic hydroxyl groups is 1. The zero-order valence-corrected chi connectivity index (χ0v) is 19.1. The summed E-state index contributed by atoms with van der Waals surface area (Å²) in [7, 11) is 0. The second-order valence-electron chi connectivity index (χ2n) is 8.84. The van der Waals surface area contributed by atoms with E-state index in [1.54, 1.807) is 55.8 Å². The number of aromatic nitrogens is 5. The highest BCUT2D eigenvalue weighted by molar-refractivity contribution is 5.95. The van der Waals surface area contributed by atoms with Crippen LogP contribution in [0.1, 0.15) is 26.3 Å². The minimum absolute atomic E-state index is 0.142. The van der Waals surface area contributed by atoms with Crippen LogP contribution in [-0.2, 0) is 11.3 Å². The maximum Gasteiger partial charge on any atom is 0.418 e. The molecule has 0 spiro atoms. The molecule has 0 aliphatic carbocycles. The van der Waals surface area contributed by atoms with Crippen molar-refractivity contribution in [2.75, 3.05) is 10.2 Å². The number of nitrogens with one attached hydrogen (secondary N) is 1. The SMILES string of the molecule is CC(C)(C)OC(=O)N1c2cnc(-c3cc(-c4ccon4)n(Cc4ccccc4F)n3)nc2NC1O. The van der Waals surface area contributed by atoms with E-state index >= 15 is 0 Å². The van der Waals surface area contributed by atoms with Crippen molar-refractivity contribution in [2.45, 2.75) is 39.3 Å². The Morgan fingerprint density at radius 3 is 2.77 bits per heavy atom. The number of benzene rings is 1. The van der Waals surface area contributed by atoms with Gasteiger partial charge in [0, 0.05) is 11.6 Å². The summed E-state index contributed by atoms with van der Waals surface area (Å²) < 4.78 is 26.2. The number of anilines is 2. The van der Waals surface area contributed by atoms with Crippen molar-refractivity contribution >= 4 is 17.6 Å². The number of hydrogen-bond acceptors (Lipinski definition) is 9. The van der Waals surface area contributed by atoms with Gasteiger partial charge in [0.25, 0.3) is 0 Å². The van der Waals surface area contributed by atoms with Gasteiger partial charge in [-0.05, 0) is 32.9 Å². The fourth-order valence-electron chi connectivity index (χ4n) is 3.59. The van der Waals surface area contributed by atoms with E-state index in [1.165, 1.54) is 18.5 Å². The van der Waals surface area contributed by atoms with E-state index in [0.717, 1.165) is 4.90 Å². The van der Waals surface area contributed by atoms with Crippen LogP contribution in [0.5, 0.6) is 0 Å². The normalized spacial score (nSPS) is 15.1. The molecule has 0 radical (unpaired) electrons. The molecule has 0 fully saturated rings. The topological polar surface area (TPSA) is 131 Å². The molecule has 1 aliphatic heterocycles. The molecule has 0 saturated heterocycles. The van der Waals surface area contributed by atoms with Crippen LogP contribution in [0.25, 0.3) is 22.9 Å². The quantitative estimate of drug-likeness (QED) is 0.450. The highest BCUT2D eigenvalue weighted by Crippen LogP contribution is 2.34. The van der Waals surface area contributed by atoms with Gasteiger partial charge in [-0.3, -0.25) is 4.68 Å². The molecule has 0 bridgehead atoms. The highest BCUT2D eigenvalue weighted by atomic mass is 19.1. The van der Waals surface area contributed by atoms with Crippen LogP contribution in [0.2, 0.25) is 0 Å². The third kappa shape index (κ3) is 4.43. The zero-order valence-electron chi connectivity index (χ0n) is 19.1. The third-order valence-electron chi connectivity index (χ3n) is 5.12. The van der Waals surface area contributed by atoms with E-state index in [1.807, 2.05) is 0 Å². The predicted molar refractivity (Wildman–Crippen MR) is 123 cm³/mol. The lowest BCUT2D eigenvalue weighted by atomic mass is 10.2. The first-order chi connectivity index (χ1) is 16.7. The van der Waals surface area contributed by atoms with Crippen LogP contribution in [0.3, 0.4) is 0 Å². The molecule has 1 amide bonds. The number of halogens is 1. The van der Waals surface area contributed by atoms with Crippen LogP contribution in [0.4, 0.5) is 20.7 Å². The number of hydrogen-bond donors (Lipinski definition) is 2. The largest absolute Gasteiger partial charge is 0.443 e. The van der Waals surface area contributed by atoms with Crippen molar-refractivity contribution in [3.8, 4) is 22.9 Å². The molecule has 1 atom stereocenters. The highest BCUT2D eigenvalue weighted by Gasteiger charge is 2.37. The summed E-state index contributed by atoms with van der Waals surface area (Å²) >= 11 is 0. The van der Waals surface area contributed by atoms with Gasteiger partial charge in [0.1, 0.15) is 34.8 Å². The monoisotopic (exact) mass is 479 g/mol. The number of carbonyl (C=O) groups is 1. The molecule has 0 saturated carbocycles. The van der Waals surface area contributed by atoms with Crippen LogP contribution in [0, 0.1) is 5.82 Å². The standard InChI is InChI=1S/C23H22FN7O4/c1-23(2,3)35-22(33)31-18-11-25-19(26-20(18)27-21(31)32)16-10-17(15-8-9-34-29-15)30(28-16)12-13-6-4-5-7-14(13)24/h4-11,21,32H,12H2,1-3H3,(H,25,26,27). The van der Waals surface area contributed by atoms with Crippen molar-refractivity contribution in [2.24, 2.45) is 0 Å². The fraction of sp³-hybridized carbons (Fsp3) is 0.261. The average Bonchev–Trinajstić information content (AvgIpc) is 3.51. The third-order valence-corrected chi connectivity index (χ3v) is 5.12. The van der Waals surface area contributed by atoms with Crippen LogP contribution in [0.15, 0.2) is 53.4 Å². The molecule has 1 aromatic carbocycles. The number of amides is 1. The molecule has 2 N–H and O–H groups in total. The number of ether oxygens (including phenoxy) is 1. The Morgan fingerprint density at radius 2 is 2.06 bits per heavy atom. The summed E-state index contributed by atoms with van der Waals surface area (Å²) in [5, 5.41) is 21.7. The summed E-state index contributed by atoms with van der Waals surface area (Å²) in [6, 6.07) is 9.79. The van der Waals surface area contributed by atoms with Crippen molar-refractivity contribution in [1.29, 1.82) is 0 Å². The minimum atomic E-state index is -1.37. The van der Waals surface area contributed by atoms with Gasteiger partial charge in [0.2, 0.25) is 6.35 Å². The molecular weight excluding hydrogens is 457 g/mol. The van der Waals surface area contributed by atoms with Gasteiger partial charge in [0.05, 0.1) is 18.4 Å². The van der Waals surface area contributed by atoms with E-state index in [9.17, 15) is 14.3 Å². The Bertz CT molecular complexity index is 1380. The summed E-state index contributed by atoms with van der Waals surface area (Å²) in [5.74, 6) is 0.108. The molecule has 3 aromatic heterocycles. The number of rotatable bonds is 4. The first kappa shape index (κ1) is 22.5. The van der Waals surface area contributed by atoms with Gasteiger partial charge in [-0.1, -0.05) is 23.4 Å². The van der Waals surface area contributed by atoms with Crippen LogP contribution >= 0.6 is 0 Å². The lowest BCUT2D eigenvalue weighted by Gasteiger charge is -2.25. The molecule has 4 heterocycles. The molecule has 180 valence electrons. The van der Waals surface area contributed by atoms with Gasteiger partial charge in [-0.15, -0.1) is 0 Å². The Morgan fingerprint density at radius 1 is 1.26 bits per heavy atom. The smallest absolute Gasteiger partial charge is 0.418 e. The first-order valence-corrected chi connectivity index (χ1v) is 10.8. The summed E-state index contributed by atoms with van der Waals surface area (Å²) in [6.07, 6.45) is 0.720. The van der Waals surface area contributed by atoms with E-state index in [0.29, 0.717) is 22.6 Å². The van der Waals surface area contributed by atoms with E-state index in [2.05, 4.69) is 25.5 Å². The number of fused-ring (bicyclic) bond motifs is 1. The van der Waals surface area contributed by atoms with Crippen molar-refractivity contribution in [1.82, 2.24) is 24.9 Å². The van der Waals surface area contributed by atoms with Gasteiger partial charge in [0.15, 0.2) is 11.6 Å². The molecular formula is C23H22FN7O4. The van der Waals surface area contributed by atoms with Gasteiger partial charge in [-0.2, -0.15) is 5.10 Å². The molecule has 35 heavy (non-hydrogen) atoms. The Hall–Kier alpha value is -4.32. The molecule has 5 rings (SSSR count). The maximum atomic E-state index is 14.3. The summed E-state index contributed by atoms with van der Waals surface area (Å²) in [6.45, 7) is 5.32. The molecule has 12 heteroatoms. The molecule has 1 aliphatic rings. The lowest BCUT2D eigenvalue weighted by molar-refractivity contribution is 0.0506. The fourth-order valence-corrected chi connectivity index (χ4v) is 3.59. The second-order valence-corrected chi connectivity index (χ2v) is 8.84. The van der Waals surface area contributed by atoms with E-state index in [-0.39, 0.29) is 29.7 Å². The predicted octanol–water partition coefficient (Wildman–Crippen LogP) is 3.63. The molecule has 4 aromatic rings. The summed E-state index contributed by atoms with van der Waals surface area (Å²) in [4.78, 5) is 22.4. The Balaban J connectivity index is 1.50. The average molecular weight is 479 g/mol. The van der Waals surface area contributed by atoms with Crippen molar-refractivity contribution in [3.05, 3.63) is 60.2 Å². The van der Waals surface area contributed by atoms with Gasteiger partial charge >= 0.3 is 6.09 Å². The van der Waals surface area contributed by atoms with E-state index in [4.69, 9.17) is 9.26 Å². The van der Waals surface area contributed by atoms with Crippen molar-refractivity contribution < 1.29 is 23.6 Å². The van der Waals surface area contributed by atoms with E-state index < -0.39 is 18.0 Å². The van der Waals surface area contributed by atoms with Crippen molar-refractivity contribution in [3.63, 3.8) is 0 Å². The van der Waals surface area contributed by atoms with Gasteiger partial charge < -0.3 is 19.7 Å². The second kappa shape index (κ2) is 8.47. The minimum Gasteiger partial charge on any atom is -0.443 e. The first-order valence-electron chi connectivity index (χ1n) is 10.8. The van der Waals surface area contributed by atoms with Gasteiger partial charge in [-0.25, -0.2) is 24.1 Å². The van der Waals surface area contributed by atoms with Crippen LogP contribution in [-0.4, -0.2) is 48.1 Å².